The zero-order chi connectivity index (χ0) is 17.4. The van der Waals surface area contributed by atoms with E-state index in [4.69, 9.17) is 0 Å². The van der Waals surface area contributed by atoms with E-state index in [1.165, 1.54) is 16.2 Å². The number of hydrogen-bond donors (Lipinski definition) is 2. The molecule has 0 fully saturated rings. The van der Waals surface area contributed by atoms with Gasteiger partial charge in [0.05, 0.1) is 17.4 Å². The highest BCUT2D eigenvalue weighted by molar-refractivity contribution is 7.16. The van der Waals surface area contributed by atoms with Crippen molar-refractivity contribution in [1.82, 2.24) is 0 Å². The summed E-state index contributed by atoms with van der Waals surface area (Å²) in [6.07, 6.45) is 3.75. The van der Waals surface area contributed by atoms with Gasteiger partial charge in [-0.2, -0.15) is 5.26 Å². The largest absolute Gasteiger partial charge is 0.481 e. The summed E-state index contributed by atoms with van der Waals surface area (Å²) in [6.45, 7) is 3.88. The SMILES string of the molecule is CC1=C(C)C[C@H](C(=O)Nc2sc3c(c2C#N)CCC3)[C@@H](C(=O)O)C1. The van der Waals surface area contributed by atoms with Crippen LogP contribution in [0.1, 0.15) is 49.1 Å². The van der Waals surface area contributed by atoms with Gasteiger partial charge in [-0.05, 0) is 51.5 Å². The van der Waals surface area contributed by atoms with Crippen molar-refractivity contribution in [3.05, 3.63) is 27.2 Å². The van der Waals surface area contributed by atoms with Gasteiger partial charge in [0.25, 0.3) is 0 Å². The molecule has 2 atom stereocenters. The highest BCUT2D eigenvalue weighted by Crippen LogP contribution is 2.40. The normalized spacial score (nSPS) is 22.9. The lowest BCUT2D eigenvalue weighted by atomic mass is 9.76. The van der Waals surface area contributed by atoms with Gasteiger partial charge in [-0.3, -0.25) is 9.59 Å². The Bertz CT molecular complexity index is 785. The van der Waals surface area contributed by atoms with Gasteiger partial charge >= 0.3 is 5.97 Å². The number of thiophene rings is 1. The monoisotopic (exact) mass is 344 g/mol. The fourth-order valence-electron chi connectivity index (χ4n) is 3.64. The predicted octanol–water partition coefficient (Wildman–Crippen LogP) is 3.49. The minimum absolute atomic E-state index is 0.286. The Morgan fingerprint density at radius 1 is 1.21 bits per heavy atom. The smallest absolute Gasteiger partial charge is 0.307 e. The lowest BCUT2D eigenvalue weighted by Crippen LogP contribution is -2.36. The molecule has 0 aliphatic heterocycles. The summed E-state index contributed by atoms with van der Waals surface area (Å²) in [5.41, 5.74) is 3.76. The Balaban J connectivity index is 1.85. The Kier molecular flexibility index (Phi) is 4.46. The number of amides is 1. The summed E-state index contributed by atoms with van der Waals surface area (Å²) in [4.78, 5) is 25.5. The van der Waals surface area contributed by atoms with Gasteiger partial charge in [0.1, 0.15) is 11.1 Å². The van der Waals surface area contributed by atoms with Gasteiger partial charge < -0.3 is 10.4 Å². The van der Waals surface area contributed by atoms with Crippen LogP contribution in [-0.2, 0) is 22.4 Å². The Hall–Kier alpha value is -2.13. The molecule has 0 radical (unpaired) electrons. The molecule has 0 bridgehead atoms. The summed E-state index contributed by atoms with van der Waals surface area (Å²) in [7, 11) is 0. The van der Waals surface area contributed by atoms with Crippen LogP contribution in [0, 0.1) is 23.2 Å². The van der Waals surface area contributed by atoms with Crippen molar-refractivity contribution >= 4 is 28.2 Å². The molecular formula is C18H20N2O3S. The molecule has 3 rings (SSSR count). The number of fused-ring (bicyclic) bond motifs is 1. The van der Waals surface area contributed by atoms with E-state index in [9.17, 15) is 20.0 Å². The van der Waals surface area contributed by atoms with Crippen LogP contribution in [0.15, 0.2) is 11.1 Å². The van der Waals surface area contributed by atoms with Crippen molar-refractivity contribution in [1.29, 1.82) is 5.26 Å². The van der Waals surface area contributed by atoms with Crippen LogP contribution in [0.2, 0.25) is 0 Å². The maximum atomic E-state index is 12.7. The number of hydrogen-bond acceptors (Lipinski definition) is 4. The molecule has 0 aromatic carbocycles. The van der Waals surface area contributed by atoms with E-state index >= 15 is 0 Å². The summed E-state index contributed by atoms with van der Waals surface area (Å²) in [6, 6.07) is 2.20. The summed E-state index contributed by atoms with van der Waals surface area (Å²) >= 11 is 1.46. The second-order valence-corrected chi connectivity index (χ2v) is 7.79. The van der Waals surface area contributed by atoms with Crippen LogP contribution in [0.4, 0.5) is 5.00 Å². The average Bonchev–Trinajstić information content (AvgIpc) is 3.09. The number of carboxylic acids is 1. The molecule has 2 aliphatic rings. The van der Waals surface area contributed by atoms with Gasteiger partial charge in [0, 0.05) is 4.88 Å². The average molecular weight is 344 g/mol. The van der Waals surface area contributed by atoms with Crippen LogP contribution in [-0.4, -0.2) is 17.0 Å². The molecule has 1 amide bonds. The Labute approximate surface area is 145 Å². The van der Waals surface area contributed by atoms with Gasteiger partial charge in [-0.15, -0.1) is 11.3 Å². The number of carbonyl (C=O) groups excluding carboxylic acids is 1. The fraction of sp³-hybridized carbons (Fsp3) is 0.500. The first-order valence-corrected chi connectivity index (χ1v) is 8.97. The molecular weight excluding hydrogens is 324 g/mol. The van der Waals surface area contributed by atoms with Gasteiger partial charge in [0.15, 0.2) is 0 Å². The molecule has 0 saturated carbocycles. The molecule has 1 aromatic rings. The third-order valence-electron chi connectivity index (χ3n) is 5.19. The number of nitrogens with zero attached hydrogens (tertiary/aromatic N) is 1. The maximum Gasteiger partial charge on any atom is 0.307 e. The van der Waals surface area contributed by atoms with E-state index in [-0.39, 0.29) is 5.91 Å². The van der Waals surface area contributed by atoms with E-state index in [1.54, 1.807) is 0 Å². The lowest BCUT2D eigenvalue weighted by molar-refractivity contribution is -0.146. The van der Waals surface area contributed by atoms with E-state index in [1.807, 2.05) is 13.8 Å². The molecule has 126 valence electrons. The second kappa shape index (κ2) is 6.40. The number of nitrogens with one attached hydrogen (secondary N) is 1. The molecule has 0 spiro atoms. The standard InChI is InChI=1S/C18H20N2O3S/c1-9-6-12(13(18(22)23)7-10(9)2)16(21)20-17-14(8-19)11-4-3-5-15(11)24-17/h12-13H,3-7H2,1-2H3,(H,20,21)(H,22,23)/t12-,13-/m0/s1. The van der Waals surface area contributed by atoms with Crippen molar-refractivity contribution in [3.63, 3.8) is 0 Å². The van der Waals surface area contributed by atoms with Crippen molar-refractivity contribution in [3.8, 4) is 6.07 Å². The van der Waals surface area contributed by atoms with Crippen LogP contribution < -0.4 is 5.32 Å². The highest BCUT2D eigenvalue weighted by atomic mass is 32.1. The highest BCUT2D eigenvalue weighted by Gasteiger charge is 2.38. The summed E-state index contributed by atoms with van der Waals surface area (Å²) in [5, 5.41) is 22.3. The van der Waals surface area contributed by atoms with Crippen molar-refractivity contribution in [2.24, 2.45) is 11.8 Å². The predicted molar refractivity (Wildman–Crippen MR) is 91.9 cm³/mol. The first-order chi connectivity index (χ1) is 11.4. The Morgan fingerprint density at radius 2 is 1.88 bits per heavy atom. The molecule has 0 unspecified atom stereocenters. The van der Waals surface area contributed by atoms with Crippen LogP contribution in [0.3, 0.4) is 0 Å². The molecule has 0 saturated heterocycles. The second-order valence-electron chi connectivity index (χ2n) is 6.68. The summed E-state index contributed by atoms with van der Waals surface area (Å²) < 4.78 is 0. The third-order valence-corrected chi connectivity index (χ3v) is 6.40. The van der Waals surface area contributed by atoms with Crippen molar-refractivity contribution in [2.75, 3.05) is 5.32 Å². The van der Waals surface area contributed by atoms with Crippen LogP contribution >= 0.6 is 11.3 Å². The number of rotatable bonds is 3. The van der Waals surface area contributed by atoms with Gasteiger partial charge in [-0.25, -0.2) is 0 Å². The summed E-state index contributed by atoms with van der Waals surface area (Å²) in [5.74, 6) is -2.51. The quantitative estimate of drug-likeness (QED) is 0.821. The first-order valence-electron chi connectivity index (χ1n) is 8.16. The number of aryl methyl sites for hydroxylation is 1. The molecule has 1 aromatic heterocycles. The zero-order valence-corrected chi connectivity index (χ0v) is 14.6. The molecule has 2 N–H and O–H groups in total. The first kappa shape index (κ1) is 16.7. The minimum Gasteiger partial charge on any atom is -0.481 e. The van der Waals surface area contributed by atoms with E-state index in [0.29, 0.717) is 23.4 Å². The van der Waals surface area contributed by atoms with Crippen LogP contribution in [0.5, 0.6) is 0 Å². The van der Waals surface area contributed by atoms with Gasteiger partial charge in [0.2, 0.25) is 5.91 Å². The molecule has 5 nitrogen and oxygen atoms in total. The zero-order valence-electron chi connectivity index (χ0n) is 13.8. The van der Waals surface area contributed by atoms with E-state index in [2.05, 4.69) is 11.4 Å². The number of aliphatic carboxylic acids is 1. The number of nitriles is 1. The van der Waals surface area contributed by atoms with Crippen molar-refractivity contribution < 1.29 is 14.7 Å². The maximum absolute atomic E-state index is 12.7. The number of carboxylic acid groups (broad SMARTS) is 1. The van der Waals surface area contributed by atoms with E-state index in [0.717, 1.165) is 36.0 Å². The topological polar surface area (TPSA) is 90.2 Å². The number of carbonyl (C=O) groups is 2. The fourth-order valence-corrected chi connectivity index (χ4v) is 4.89. The minimum atomic E-state index is -0.934. The number of anilines is 1. The van der Waals surface area contributed by atoms with Crippen LogP contribution in [0.25, 0.3) is 0 Å². The molecule has 2 aliphatic carbocycles. The molecule has 1 heterocycles. The number of allylic oxidation sites excluding steroid dienone is 2. The third kappa shape index (κ3) is 2.84. The van der Waals surface area contributed by atoms with Crippen molar-refractivity contribution in [2.45, 2.75) is 46.0 Å². The molecule has 6 heteroatoms. The molecule has 24 heavy (non-hydrogen) atoms. The van der Waals surface area contributed by atoms with Gasteiger partial charge in [-0.1, -0.05) is 11.1 Å². The van der Waals surface area contributed by atoms with E-state index < -0.39 is 17.8 Å². The lowest BCUT2D eigenvalue weighted by Gasteiger charge is -2.29. The Morgan fingerprint density at radius 3 is 2.50 bits per heavy atom.